The van der Waals surface area contributed by atoms with Crippen LogP contribution in [-0.2, 0) is 0 Å². The van der Waals surface area contributed by atoms with Gasteiger partial charge in [0, 0.05) is 33.8 Å². The first-order valence-electron chi connectivity index (χ1n) is 5.81. The lowest BCUT2D eigenvalue weighted by Gasteiger charge is -2.04. The Kier molecular flexibility index (Phi) is 3.02. The summed E-state index contributed by atoms with van der Waals surface area (Å²) in [5.74, 6) is 0.481. The van der Waals surface area contributed by atoms with E-state index in [-0.39, 0.29) is 0 Å². The van der Waals surface area contributed by atoms with Gasteiger partial charge in [0.1, 0.15) is 0 Å². The largest absolute Gasteiger partial charge is 0.327 e. The van der Waals surface area contributed by atoms with Gasteiger partial charge < -0.3 is 5.73 Å². The van der Waals surface area contributed by atoms with E-state index in [4.69, 9.17) is 28.9 Å². The van der Waals surface area contributed by atoms with Crippen molar-refractivity contribution in [2.75, 3.05) is 0 Å². The number of pyridine rings is 1. The van der Waals surface area contributed by atoms with Crippen LogP contribution in [0.25, 0.3) is 11.3 Å². The molecule has 1 fully saturated rings. The number of benzene rings is 1. The van der Waals surface area contributed by atoms with E-state index in [1.54, 1.807) is 6.07 Å². The Morgan fingerprint density at radius 1 is 1.11 bits per heavy atom. The summed E-state index contributed by atoms with van der Waals surface area (Å²) in [6.45, 7) is 0. The monoisotopic (exact) mass is 278 g/mol. The predicted molar refractivity (Wildman–Crippen MR) is 75.0 cm³/mol. The number of nitrogens with two attached hydrogens (primary N) is 1. The molecule has 2 atom stereocenters. The van der Waals surface area contributed by atoms with Crippen LogP contribution < -0.4 is 5.73 Å². The molecule has 0 radical (unpaired) electrons. The van der Waals surface area contributed by atoms with Gasteiger partial charge in [0.05, 0.1) is 5.69 Å². The van der Waals surface area contributed by atoms with E-state index in [1.807, 2.05) is 24.4 Å². The van der Waals surface area contributed by atoms with E-state index in [0.717, 1.165) is 17.7 Å². The number of hydrogen-bond donors (Lipinski definition) is 1. The molecule has 1 aliphatic rings. The number of aromatic nitrogens is 1. The maximum atomic E-state index is 5.98. The summed E-state index contributed by atoms with van der Waals surface area (Å²) in [4.78, 5) is 4.45. The van der Waals surface area contributed by atoms with Crippen molar-refractivity contribution in [2.45, 2.75) is 18.4 Å². The number of nitrogens with zero attached hydrogens (tertiary/aromatic N) is 1. The zero-order chi connectivity index (χ0) is 12.7. The number of rotatable bonds is 2. The molecule has 0 bridgehead atoms. The molecule has 0 amide bonds. The lowest BCUT2D eigenvalue weighted by Crippen LogP contribution is -2.01. The molecule has 3 rings (SSSR count). The van der Waals surface area contributed by atoms with Crippen molar-refractivity contribution in [3.63, 3.8) is 0 Å². The van der Waals surface area contributed by atoms with Crippen LogP contribution in [0.5, 0.6) is 0 Å². The highest BCUT2D eigenvalue weighted by molar-refractivity contribution is 6.35. The van der Waals surface area contributed by atoms with E-state index < -0.39 is 0 Å². The Hall–Kier alpha value is -1.09. The van der Waals surface area contributed by atoms with Crippen LogP contribution in [0, 0.1) is 0 Å². The molecule has 1 aromatic carbocycles. The highest BCUT2D eigenvalue weighted by Crippen LogP contribution is 2.39. The Bertz CT molecular complexity index is 561. The summed E-state index contributed by atoms with van der Waals surface area (Å²) in [6.07, 6.45) is 2.95. The van der Waals surface area contributed by atoms with Crippen LogP contribution >= 0.6 is 23.2 Å². The second kappa shape index (κ2) is 4.54. The van der Waals surface area contributed by atoms with Gasteiger partial charge in [-0.3, -0.25) is 4.98 Å². The molecule has 4 heteroatoms. The SMILES string of the molecule is N[C@H]1C[C@@H]1c1ccc(-c2cc(Cl)cc(Cl)c2)nc1. The molecule has 0 aliphatic heterocycles. The van der Waals surface area contributed by atoms with Crippen molar-refractivity contribution in [3.8, 4) is 11.3 Å². The maximum absolute atomic E-state index is 5.98. The second-order valence-electron chi connectivity index (χ2n) is 4.64. The molecule has 2 N–H and O–H groups in total. The van der Waals surface area contributed by atoms with E-state index in [1.165, 1.54) is 5.56 Å². The Morgan fingerprint density at radius 3 is 2.28 bits per heavy atom. The van der Waals surface area contributed by atoms with Crippen LogP contribution in [0.15, 0.2) is 36.5 Å². The third-order valence-electron chi connectivity index (χ3n) is 3.21. The van der Waals surface area contributed by atoms with E-state index >= 15 is 0 Å². The Balaban J connectivity index is 1.92. The molecular formula is C14H12Cl2N2. The minimum Gasteiger partial charge on any atom is -0.327 e. The van der Waals surface area contributed by atoms with Gasteiger partial charge in [0.25, 0.3) is 0 Å². The fraction of sp³-hybridized carbons (Fsp3) is 0.214. The molecule has 1 aliphatic carbocycles. The number of halogens is 2. The Labute approximate surface area is 116 Å². The molecule has 92 valence electrons. The topological polar surface area (TPSA) is 38.9 Å². The van der Waals surface area contributed by atoms with Crippen molar-refractivity contribution in [3.05, 3.63) is 52.1 Å². The minimum absolute atomic E-state index is 0.304. The zero-order valence-corrected chi connectivity index (χ0v) is 11.1. The van der Waals surface area contributed by atoms with E-state index in [2.05, 4.69) is 11.1 Å². The van der Waals surface area contributed by atoms with Crippen molar-refractivity contribution >= 4 is 23.2 Å². The summed E-state index contributed by atoms with van der Waals surface area (Å²) in [5.41, 5.74) is 8.83. The van der Waals surface area contributed by atoms with Crippen molar-refractivity contribution in [1.29, 1.82) is 0 Å². The first kappa shape index (κ1) is 12.0. The van der Waals surface area contributed by atoms with Crippen molar-refractivity contribution < 1.29 is 0 Å². The molecule has 1 heterocycles. The van der Waals surface area contributed by atoms with Crippen LogP contribution in [0.3, 0.4) is 0 Å². The first-order chi connectivity index (χ1) is 8.63. The highest BCUT2D eigenvalue weighted by atomic mass is 35.5. The smallest absolute Gasteiger partial charge is 0.0703 e. The minimum atomic E-state index is 0.304. The summed E-state index contributed by atoms with van der Waals surface area (Å²) in [7, 11) is 0. The van der Waals surface area contributed by atoms with E-state index in [0.29, 0.717) is 22.0 Å². The number of hydrogen-bond acceptors (Lipinski definition) is 2. The zero-order valence-electron chi connectivity index (χ0n) is 9.61. The van der Waals surface area contributed by atoms with Gasteiger partial charge in [-0.15, -0.1) is 0 Å². The fourth-order valence-corrected chi connectivity index (χ4v) is 2.62. The van der Waals surface area contributed by atoms with Gasteiger partial charge in [0.15, 0.2) is 0 Å². The van der Waals surface area contributed by atoms with Crippen LogP contribution in [0.1, 0.15) is 17.9 Å². The molecule has 2 aromatic rings. The highest BCUT2D eigenvalue weighted by Gasteiger charge is 2.34. The van der Waals surface area contributed by atoms with Crippen LogP contribution in [-0.4, -0.2) is 11.0 Å². The third kappa shape index (κ3) is 2.37. The lowest BCUT2D eigenvalue weighted by atomic mass is 10.1. The van der Waals surface area contributed by atoms with Gasteiger partial charge in [-0.25, -0.2) is 0 Å². The molecule has 18 heavy (non-hydrogen) atoms. The second-order valence-corrected chi connectivity index (χ2v) is 5.51. The molecule has 1 saturated carbocycles. The maximum Gasteiger partial charge on any atom is 0.0703 e. The van der Waals surface area contributed by atoms with Gasteiger partial charge >= 0.3 is 0 Å². The standard InChI is InChI=1S/C14H12Cl2N2/c15-10-3-9(4-11(16)5-10)14-2-1-8(7-18-14)12-6-13(12)17/h1-5,7,12-13H,6,17H2/t12-,13+/m1/s1. The molecule has 2 nitrogen and oxygen atoms in total. The summed E-state index contributed by atoms with van der Waals surface area (Å²) < 4.78 is 0. The average Bonchev–Trinajstić information content (AvgIpc) is 3.05. The lowest BCUT2D eigenvalue weighted by molar-refractivity contribution is 0.981. The molecule has 0 spiro atoms. The van der Waals surface area contributed by atoms with Gasteiger partial charge in [-0.05, 0) is 36.2 Å². The third-order valence-corrected chi connectivity index (χ3v) is 3.65. The summed E-state index contributed by atoms with van der Waals surface area (Å²) in [5, 5.41) is 1.24. The van der Waals surface area contributed by atoms with Gasteiger partial charge in [0.2, 0.25) is 0 Å². The van der Waals surface area contributed by atoms with E-state index in [9.17, 15) is 0 Å². The predicted octanol–water partition coefficient (Wildman–Crippen LogP) is 3.87. The first-order valence-corrected chi connectivity index (χ1v) is 6.57. The van der Waals surface area contributed by atoms with Crippen molar-refractivity contribution in [1.82, 2.24) is 4.98 Å². The summed E-state index contributed by atoms with van der Waals surface area (Å²) >= 11 is 12.0. The van der Waals surface area contributed by atoms with Crippen LogP contribution in [0.4, 0.5) is 0 Å². The molecular weight excluding hydrogens is 267 g/mol. The average molecular weight is 279 g/mol. The molecule has 1 aromatic heterocycles. The fourth-order valence-electron chi connectivity index (χ4n) is 2.10. The van der Waals surface area contributed by atoms with Crippen LogP contribution in [0.2, 0.25) is 10.0 Å². The quantitative estimate of drug-likeness (QED) is 0.906. The Morgan fingerprint density at radius 2 is 1.78 bits per heavy atom. The van der Waals surface area contributed by atoms with Gasteiger partial charge in [-0.2, -0.15) is 0 Å². The van der Waals surface area contributed by atoms with Crippen molar-refractivity contribution in [2.24, 2.45) is 5.73 Å². The summed E-state index contributed by atoms with van der Waals surface area (Å²) in [6, 6.07) is 9.80. The molecule has 0 unspecified atom stereocenters. The van der Waals surface area contributed by atoms with Gasteiger partial charge in [-0.1, -0.05) is 29.3 Å². The normalized spacial score (nSPS) is 21.9. The molecule has 0 saturated heterocycles.